The number of amides is 1. The van der Waals surface area contributed by atoms with Crippen molar-refractivity contribution >= 4 is 23.6 Å². The fourth-order valence-corrected chi connectivity index (χ4v) is 3.71. The van der Waals surface area contributed by atoms with Crippen LogP contribution in [0.4, 0.5) is 0 Å². The van der Waals surface area contributed by atoms with E-state index in [0.29, 0.717) is 11.6 Å². The summed E-state index contributed by atoms with van der Waals surface area (Å²) < 4.78 is 0. The number of nitrogens with zero attached hydrogens (tertiary/aromatic N) is 1. The molecule has 0 aromatic rings. The highest BCUT2D eigenvalue weighted by atomic mass is 32.2. The number of nitrogens with one attached hydrogen (secondary N) is 1. The van der Waals surface area contributed by atoms with E-state index in [1.54, 1.807) is 0 Å². The van der Waals surface area contributed by atoms with Crippen molar-refractivity contribution in [1.29, 1.82) is 0 Å². The zero-order valence-corrected chi connectivity index (χ0v) is 10.8. The lowest BCUT2D eigenvalue weighted by Crippen LogP contribution is -2.57. The highest BCUT2D eigenvalue weighted by Gasteiger charge is 2.46. The number of hydrogen-bond donors (Lipinski definition) is 2. The fraction of sp³-hybridized carbons (Fsp3) is 0.818. The van der Waals surface area contributed by atoms with Crippen LogP contribution in [0.2, 0.25) is 0 Å². The predicted molar refractivity (Wildman–Crippen MR) is 65.9 cm³/mol. The number of aliphatic carboxylic acids is 1. The third-order valence-electron chi connectivity index (χ3n) is 3.68. The highest BCUT2D eigenvalue weighted by Crippen LogP contribution is 2.30. The van der Waals surface area contributed by atoms with Gasteiger partial charge in [-0.15, -0.1) is 11.8 Å². The molecule has 0 aliphatic carbocycles. The van der Waals surface area contributed by atoms with Crippen LogP contribution < -0.4 is 5.32 Å². The lowest BCUT2D eigenvalue weighted by molar-refractivity contribution is -0.150. The van der Waals surface area contributed by atoms with Crippen molar-refractivity contribution in [3.63, 3.8) is 0 Å². The first kappa shape index (κ1) is 12.7. The number of carboxylic acid groups (broad SMARTS) is 1. The summed E-state index contributed by atoms with van der Waals surface area (Å²) >= 11 is 1.51. The summed E-state index contributed by atoms with van der Waals surface area (Å²) in [7, 11) is 0. The number of thioether (sulfide) groups is 1. The van der Waals surface area contributed by atoms with Crippen LogP contribution in [0.15, 0.2) is 0 Å². The van der Waals surface area contributed by atoms with Gasteiger partial charge in [0.2, 0.25) is 5.91 Å². The number of carbonyl (C=O) groups excluding carboxylic acids is 1. The molecule has 2 rings (SSSR count). The van der Waals surface area contributed by atoms with Gasteiger partial charge in [-0.1, -0.05) is 6.92 Å². The molecule has 1 amide bonds. The van der Waals surface area contributed by atoms with Gasteiger partial charge < -0.3 is 15.3 Å². The molecule has 17 heavy (non-hydrogen) atoms. The van der Waals surface area contributed by atoms with Crippen molar-refractivity contribution in [2.45, 2.75) is 37.8 Å². The Morgan fingerprint density at radius 1 is 1.59 bits per heavy atom. The largest absolute Gasteiger partial charge is 0.480 e. The monoisotopic (exact) mass is 258 g/mol. The molecule has 0 aromatic heterocycles. The van der Waals surface area contributed by atoms with Gasteiger partial charge in [0.1, 0.15) is 6.04 Å². The summed E-state index contributed by atoms with van der Waals surface area (Å²) in [6.07, 6.45) is 2.52. The molecule has 0 spiro atoms. The van der Waals surface area contributed by atoms with Crippen LogP contribution in [0.1, 0.15) is 26.2 Å². The molecule has 2 saturated heterocycles. The molecule has 2 aliphatic heterocycles. The van der Waals surface area contributed by atoms with E-state index >= 15 is 0 Å². The minimum absolute atomic E-state index is 0.0325. The van der Waals surface area contributed by atoms with Gasteiger partial charge in [-0.25, -0.2) is 4.79 Å². The van der Waals surface area contributed by atoms with Gasteiger partial charge in [0, 0.05) is 5.75 Å². The number of hydrogen-bond acceptors (Lipinski definition) is 4. The van der Waals surface area contributed by atoms with Gasteiger partial charge in [0.05, 0.1) is 11.4 Å². The normalized spacial score (nSPS) is 33.0. The minimum Gasteiger partial charge on any atom is -0.480 e. The Morgan fingerprint density at radius 3 is 2.88 bits per heavy atom. The third-order valence-corrected chi connectivity index (χ3v) is 4.70. The molecule has 2 fully saturated rings. The predicted octanol–water partition coefficient (Wildman–Crippen LogP) is 0.505. The second-order valence-electron chi connectivity index (χ2n) is 4.59. The van der Waals surface area contributed by atoms with Crippen molar-refractivity contribution in [3.8, 4) is 0 Å². The zero-order valence-electron chi connectivity index (χ0n) is 9.94. The van der Waals surface area contributed by atoms with E-state index in [0.717, 1.165) is 25.8 Å². The summed E-state index contributed by atoms with van der Waals surface area (Å²) in [5.41, 5.74) is -0.515. The Bertz CT molecular complexity index is 329. The fourth-order valence-electron chi connectivity index (χ4n) is 2.56. The van der Waals surface area contributed by atoms with E-state index in [1.165, 1.54) is 16.7 Å². The molecule has 0 radical (unpaired) electrons. The lowest BCUT2D eigenvalue weighted by Gasteiger charge is -2.33. The average molecular weight is 258 g/mol. The maximum Gasteiger partial charge on any atom is 0.327 e. The Balaban J connectivity index is 2.15. The molecule has 2 aliphatic rings. The molecular weight excluding hydrogens is 240 g/mol. The molecular formula is C11H18N2O3S. The Hall–Kier alpha value is -0.750. The first-order chi connectivity index (χ1) is 8.10. The third kappa shape index (κ3) is 2.15. The summed E-state index contributed by atoms with van der Waals surface area (Å²) in [5, 5.41) is 12.4. The van der Waals surface area contributed by atoms with E-state index < -0.39 is 17.6 Å². The highest BCUT2D eigenvalue weighted by molar-refractivity contribution is 7.99. The molecule has 6 heteroatoms. The van der Waals surface area contributed by atoms with Gasteiger partial charge in [-0.2, -0.15) is 0 Å². The van der Waals surface area contributed by atoms with Gasteiger partial charge >= 0.3 is 5.97 Å². The van der Waals surface area contributed by atoms with Crippen LogP contribution >= 0.6 is 11.8 Å². The van der Waals surface area contributed by atoms with Crippen LogP contribution in [-0.2, 0) is 9.59 Å². The van der Waals surface area contributed by atoms with Gasteiger partial charge in [-0.05, 0) is 25.8 Å². The van der Waals surface area contributed by atoms with Crippen LogP contribution in [-0.4, -0.2) is 51.6 Å². The van der Waals surface area contributed by atoms with Crippen LogP contribution in [0.3, 0.4) is 0 Å². The van der Waals surface area contributed by atoms with E-state index in [2.05, 4.69) is 5.32 Å². The second-order valence-corrected chi connectivity index (χ2v) is 5.59. The average Bonchev–Trinajstić information content (AvgIpc) is 2.98. The molecule has 2 heterocycles. The Morgan fingerprint density at radius 2 is 2.35 bits per heavy atom. The van der Waals surface area contributed by atoms with Crippen LogP contribution in [0.25, 0.3) is 0 Å². The van der Waals surface area contributed by atoms with Crippen molar-refractivity contribution in [3.05, 3.63) is 0 Å². The summed E-state index contributed by atoms with van der Waals surface area (Å²) in [4.78, 5) is 25.1. The molecule has 0 saturated carbocycles. The quantitative estimate of drug-likeness (QED) is 0.771. The molecule has 0 bridgehead atoms. The molecule has 2 unspecified atom stereocenters. The first-order valence-corrected chi connectivity index (χ1v) is 7.13. The van der Waals surface area contributed by atoms with Crippen molar-refractivity contribution in [1.82, 2.24) is 10.2 Å². The van der Waals surface area contributed by atoms with Crippen LogP contribution in [0.5, 0.6) is 0 Å². The smallest absolute Gasteiger partial charge is 0.327 e. The summed E-state index contributed by atoms with van der Waals surface area (Å²) in [5.74, 6) is 0.0719. The van der Waals surface area contributed by atoms with Crippen molar-refractivity contribution in [2.75, 3.05) is 18.2 Å². The first-order valence-electron chi connectivity index (χ1n) is 5.97. The number of carboxylic acids is 1. The zero-order chi connectivity index (χ0) is 12.5. The maximum atomic E-state index is 12.5. The summed E-state index contributed by atoms with van der Waals surface area (Å²) in [6.45, 7) is 2.83. The second kappa shape index (κ2) is 4.86. The van der Waals surface area contributed by atoms with E-state index in [1.807, 2.05) is 6.92 Å². The van der Waals surface area contributed by atoms with Gasteiger partial charge in [0.25, 0.3) is 0 Å². The topological polar surface area (TPSA) is 69.6 Å². The number of rotatable bonds is 3. The number of carbonyl (C=O) groups is 2. The Kier molecular flexibility index (Phi) is 3.63. The van der Waals surface area contributed by atoms with E-state index in [9.17, 15) is 9.59 Å². The van der Waals surface area contributed by atoms with E-state index in [4.69, 9.17) is 5.11 Å². The van der Waals surface area contributed by atoms with Crippen molar-refractivity contribution < 1.29 is 14.7 Å². The summed E-state index contributed by atoms with van der Waals surface area (Å²) in [6, 6.07) is -0.654. The van der Waals surface area contributed by atoms with E-state index in [-0.39, 0.29) is 5.91 Å². The SMILES string of the molecule is CCC1(C(=O)N2CSCC2C(=O)O)CCCN1. The maximum absolute atomic E-state index is 12.5. The molecule has 2 atom stereocenters. The molecule has 0 aromatic carbocycles. The molecule has 96 valence electrons. The van der Waals surface area contributed by atoms with Crippen LogP contribution in [0, 0.1) is 0 Å². The lowest BCUT2D eigenvalue weighted by atomic mass is 9.92. The van der Waals surface area contributed by atoms with Gasteiger partial charge in [0.15, 0.2) is 0 Å². The molecule has 5 nitrogen and oxygen atoms in total. The van der Waals surface area contributed by atoms with Crippen molar-refractivity contribution in [2.24, 2.45) is 0 Å². The minimum atomic E-state index is -0.896. The standard InChI is InChI=1S/C11H18N2O3S/c1-2-11(4-3-5-12-11)10(16)13-7-17-6-8(13)9(14)15/h8,12H,2-7H2,1H3,(H,14,15). The Labute approximate surface area is 105 Å². The molecule has 2 N–H and O–H groups in total. The van der Waals surface area contributed by atoms with Gasteiger partial charge in [-0.3, -0.25) is 4.79 Å².